The van der Waals surface area contributed by atoms with E-state index in [1.165, 1.54) is 0 Å². The van der Waals surface area contributed by atoms with Crippen LogP contribution in [0.1, 0.15) is 50.8 Å². The lowest BCUT2D eigenvalue weighted by molar-refractivity contribution is -0.139. The molecule has 134 valence electrons. The Bertz CT molecular complexity index is 720. The van der Waals surface area contributed by atoms with E-state index in [0.717, 1.165) is 30.6 Å². The van der Waals surface area contributed by atoms with Gasteiger partial charge in [-0.05, 0) is 30.7 Å². The highest BCUT2D eigenvalue weighted by Crippen LogP contribution is 2.32. The molecule has 0 aliphatic heterocycles. The average molecular weight is 363 g/mol. The van der Waals surface area contributed by atoms with Gasteiger partial charge in [-0.1, -0.05) is 24.1 Å². The van der Waals surface area contributed by atoms with Crippen LogP contribution in [0.5, 0.6) is 0 Å². The molecule has 8 heteroatoms. The van der Waals surface area contributed by atoms with Crippen molar-refractivity contribution < 1.29 is 19.2 Å². The smallest absolute Gasteiger partial charge is 0.305 e. The molecule has 0 spiro atoms. The van der Waals surface area contributed by atoms with Crippen LogP contribution < -0.4 is 5.32 Å². The summed E-state index contributed by atoms with van der Waals surface area (Å²) in [7, 11) is 0. The molecule has 2 aromatic heterocycles. The van der Waals surface area contributed by atoms with Gasteiger partial charge in [-0.2, -0.15) is 4.98 Å². The lowest BCUT2D eigenvalue weighted by Gasteiger charge is -2.28. The zero-order valence-corrected chi connectivity index (χ0v) is 14.7. The summed E-state index contributed by atoms with van der Waals surface area (Å²) in [6.45, 7) is 0. The Morgan fingerprint density at radius 1 is 1.36 bits per heavy atom. The summed E-state index contributed by atoms with van der Waals surface area (Å²) in [5, 5.41) is 17.9. The fraction of sp³-hybridized carbons (Fsp3) is 0.529. The molecular weight excluding hydrogens is 342 g/mol. The standard InChI is InChI=1S/C17H21N3O4S/c21-13(19-17(11-15(22)23)8-1-2-9-17)6-3-7-14-18-16(20-24-14)12-5-4-10-25-12/h4-5,10H,1-3,6-9,11H2,(H,19,21)(H,22,23). The molecule has 25 heavy (non-hydrogen) atoms. The molecule has 1 aliphatic rings. The van der Waals surface area contributed by atoms with Crippen LogP contribution in [0.15, 0.2) is 22.0 Å². The molecule has 0 atom stereocenters. The van der Waals surface area contributed by atoms with Gasteiger partial charge in [-0.25, -0.2) is 0 Å². The topological polar surface area (TPSA) is 105 Å². The van der Waals surface area contributed by atoms with Crippen LogP contribution in [0.25, 0.3) is 10.7 Å². The monoisotopic (exact) mass is 363 g/mol. The van der Waals surface area contributed by atoms with Gasteiger partial charge in [-0.15, -0.1) is 11.3 Å². The molecule has 0 aromatic carbocycles. The fourth-order valence-electron chi connectivity index (χ4n) is 3.31. The van der Waals surface area contributed by atoms with Gasteiger partial charge in [-0.3, -0.25) is 9.59 Å². The van der Waals surface area contributed by atoms with Crippen LogP contribution in [0.2, 0.25) is 0 Å². The van der Waals surface area contributed by atoms with Crippen LogP contribution in [-0.4, -0.2) is 32.7 Å². The van der Waals surface area contributed by atoms with E-state index in [4.69, 9.17) is 9.63 Å². The summed E-state index contributed by atoms with van der Waals surface area (Å²) < 4.78 is 5.21. The predicted octanol–water partition coefficient (Wildman–Crippen LogP) is 3.02. The molecule has 2 heterocycles. The Labute approximate surface area is 149 Å². The van der Waals surface area contributed by atoms with Crippen LogP contribution >= 0.6 is 11.3 Å². The molecule has 0 bridgehead atoms. The SMILES string of the molecule is O=C(O)CC1(NC(=O)CCCc2nc(-c3cccs3)no2)CCCC1. The maximum absolute atomic E-state index is 12.2. The maximum atomic E-state index is 12.2. The minimum absolute atomic E-state index is 0.00737. The molecule has 0 unspecified atom stereocenters. The number of aromatic nitrogens is 2. The van der Waals surface area contributed by atoms with Gasteiger partial charge in [0.2, 0.25) is 17.6 Å². The van der Waals surface area contributed by atoms with Crippen molar-refractivity contribution in [2.45, 2.75) is 56.9 Å². The number of carboxylic acids is 1. The summed E-state index contributed by atoms with van der Waals surface area (Å²) in [6, 6.07) is 3.85. The van der Waals surface area contributed by atoms with Crippen molar-refractivity contribution in [3.63, 3.8) is 0 Å². The van der Waals surface area contributed by atoms with Crippen LogP contribution in [0, 0.1) is 0 Å². The Morgan fingerprint density at radius 2 is 2.16 bits per heavy atom. The van der Waals surface area contributed by atoms with E-state index < -0.39 is 11.5 Å². The maximum Gasteiger partial charge on any atom is 0.305 e. The van der Waals surface area contributed by atoms with E-state index in [1.54, 1.807) is 11.3 Å². The van der Waals surface area contributed by atoms with Gasteiger partial charge >= 0.3 is 5.97 Å². The molecule has 1 amide bonds. The molecule has 7 nitrogen and oxygen atoms in total. The second kappa shape index (κ2) is 7.77. The predicted molar refractivity (Wildman–Crippen MR) is 92.1 cm³/mol. The van der Waals surface area contributed by atoms with Gasteiger partial charge in [0, 0.05) is 12.8 Å². The molecule has 0 saturated heterocycles. The number of carbonyl (C=O) groups is 2. The van der Waals surface area contributed by atoms with E-state index in [9.17, 15) is 9.59 Å². The molecule has 2 aromatic rings. The molecule has 2 N–H and O–H groups in total. The summed E-state index contributed by atoms with van der Waals surface area (Å²) in [6.07, 6.45) is 4.81. The first-order chi connectivity index (χ1) is 12.1. The van der Waals surface area contributed by atoms with E-state index in [0.29, 0.717) is 31.0 Å². The average Bonchev–Trinajstić information content (AvgIpc) is 3.27. The summed E-state index contributed by atoms with van der Waals surface area (Å²) in [4.78, 5) is 28.5. The summed E-state index contributed by atoms with van der Waals surface area (Å²) in [5.41, 5.74) is -0.570. The third-order valence-corrected chi connectivity index (χ3v) is 5.32. The number of carbonyl (C=O) groups excluding carboxylic acids is 1. The van der Waals surface area contributed by atoms with Gasteiger partial charge in [0.1, 0.15) is 0 Å². The number of nitrogens with zero attached hydrogens (tertiary/aromatic N) is 2. The van der Waals surface area contributed by atoms with Crippen LogP contribution in [-0.2, 0) is 16.0 Å². The number of rotatable bonds is 8. The normalized spacial score (nSPS) is 16.0. The highest BCUT2D eigenvalue weighted by Gasteiger charge is 2.37. The first-order valence-electron chi connectivity index (χ1n) is 8.46. The lowest BCUT2D eigenvalue weighted by Crippen LogP contribution is -2.47. The summed E-state index contributed by atoms with van der Waals surface area (Å²) >= 11 is 1.54. The third kappa shape index (κ3) is 4.66. The number of nitrogens with one attached hydrogen (secondary N) is 1. The van der Waals surface area contributed by atoms with E-state index in [1.807, 2.05) is 17.5 Å². The van der Waals surface area contributed by atoms with Crippen LogP contribution in [0.3, 0.4) is 0 Å². The Hall–Kier alpha value is -2.22. The highest BCUT2D eigenvalue weighted by atomic mass is 32.1. The number of aryl methyl sites for hydroxylation is 1. The van der Waals surface area contributed by atoms with Crippen molar-refractivity contribution in [1.82, 2.24) is 15.5 Å². The molecule has 1 saturated carbocycles. The number of aliphatic carboxylic acids is 1. The second-order valence-electron chi connectivity index (χ2n) is 6.45. The quantitative estimate of drug-likeness (QED) is 0.747. The van der Waals surface area contributed by atoms with Gasteiger partial charge in [0.15, 0.2) is 0 Å². The Morgan fingerprint density at radius 3 is 2.84 bits per heavy atom. The number of amides is 1. The van der Waals surface area contributed by atoms with Crippen molar-refractivity contribution in [2.75, 3.05) is 0 Å². The number of thiophene rings is 1. The number of carboxylic acid groups (broad SMARTS) is 1. The largest absolute Gasteiger partial charge is 0.481 e. The van der Waals surface area contributed by atoms with Crippen molar-refractivity contribution in [1.29, 1.82) is 0 Å². The van der Waals surface area contributed by atoms with Crippen molar-refractivity contribution >= 4 is 23.2 Å². The Kier molecular flexibility index (Phi) is 5.47. The minimum atomic E-state index is -0.867. The van der Waals surface area contributed by atoms with Crippen molar-refractivity contribution in [2.24, 2.45) is 0 Å². The minimum Gasteiger partial charge on any atom is -0.481 e. The van der Waals surface area contributed by atoms with E-state index in [-0.39, 0.29) is 12.3 Å². The molecule has 1 aliphatic carbocycles. The van der Waals surface area contributed by atoms with Crippen molar-refractivity contribution in [3.8, 4) is 10.7 Å². The number of hydrogen-bond acceptors (Lipinski definition) is 6. The molecule has 0 radical (unpaired) electrons. The first-order valence-corrected chi connectivity index (χ1v) is 9.34. The first kappa shape index (κ1) is 17.6. The zero-order valence-electron chi connectivity index (χ0n) is 13.9. The lowest BCUT2D eigenvalue weighted by atomic mass is 9.93. The molecule has 1 fully saturated rings. The molecule has 3 rings (SSSR count). The van der Waals surface area contributed by atoms with Crippen LogP contribution in [0.4, 0.5) is 0 Å². The number of hydrogen-bond donors (Lipinski definition) is 2. The zero-order chi connectivity index (χ0) is 17.7. The second-order valence-corrected chi connectivity index (χ2v) is 7.40. The van der Waals surface area contributed by atoms with Gasteiger partial charge < -0.3 is 14.9 Å². The summed E-state index contributed by atoms with van der Waals surface area (Å²) in [5.74, 6) is 0.105. The van der Waals surface area contributed by atoms with E-state index in [2.05, 4.69) is 15.5 Å². The van der Waals surface area contributed by atoms with Gasteiger partial charge in [0.25, 0.3) is 0 Å². The van der Waals surface area contributed by atoms with Crippen molar-refractivity contribution in [3.05, 3.63) is 23.4 Å². The third-order valence-electron chi connectivity index (χ3n) is 4.46. The molecular formula is C17H21N3O4S. The Balaban J connectivity index is 1.47. The highest BCUT2D eigenvalue weighted by molar-refractivity contribution is 7.13. The van der Waals surface area contributed by atoms with E-state index >= 15 is 0 Å². The fourth-order valence-corrected chi connectivity index (χ4v) is 3.96. The van der Waals surface area contributed by atoms with Gasteiger partial charge in [0.05, 0.1) is 16.8 Å².